The van der Waals surface area contributed by atoms with E-state index in [0.717, 1.165) is 66.6 Å². The first kappa shape index (κ1) is 25.3. The van der Waals surface area contributed by atoms with Crippen LogP contribution in [0.4, 0.5) is 0 Å². The Morgan fingerprint density at radius 3 is 2.65 bits per heavy atom. The number of nitrogens with zero attached hydrogens (tertiary/aromatic N) is 1. The number of aryl methyl sites for hydroxylation is 1. The van der Waals surface area contributed by atoms with Crippen LogP contribution >= 0.6 is 11.8 Å². The highest BCUT2D eigenvalue weighted by Crippen LogP contribution is 2.43. The van der Waals surface area contributed by atoms with Crippen LogP contribution in [0.15, 0.2) is 46.5 Å². The van der Waals surface area contributed by atoms with Gasteiger partial charge in [0.25, 0.3) is 5.23 Å². The van der Waals surface area contributed by atoms with Gasteiger partial charge in [0.1, 0.15) is 11.5 Å². The van der Waals surface area contributed by atoms with Crippen LogP contribution < -0.4 is 4.74 Å². The predicted molar refractivity (Wildman–Crippen MR) is 134 cm³/mol. The topological polar surface area (TPSA) is 62.0 Å². The van der Waals surface area contributed by atoms with Crippen molar-refractivity contribution in [3.63, 3.8) is 0 Å². The van der Waals surface area contributed by atoms with Gasteiger partial charge in [0.2, 0.25) is 0 Å². The number of allylic oxidation sites excluding steroid dienone is 5. The lowest BCUT2D eigenvalue weighted by Crippen LogP contribution is -2.09. The molecule has 0 saturated carbocycles. The van der Waals surface area contributed by atoms with Crippen LogP contribution in [-0.4, -0.2) is 34.9 Å². The van der Waals surface area contributed by atoms with E-state index >= 15 is 0 Å². The average Bonchev–Trinajstić information content (AvgIpc) is 2.73. The Balaban J connectivity index is 2.54. The van der Waals surface area contributed by atoms with Gasteiger partial charge in [0, 0.05) is 19.4 Å². The number of phenols is 1. The number of benzene rings is 1. The molecule has 0 radical (unpaired) electrons. The van der Waals surface area contributed by atoms with Crippen LogP contribution in [-0.2, 0) is 6.42 Å². The number of aromatic hydroxyl groups is 1. The first-order valence-electron chi connectivity index (χ1n) is 11.2. The summed E-state index contributed by atoms with van der Waals surface area (Å²) in [6.45, 7) is 10.6. The van der Waals surface area contributed by atoms with Crippen LogP contribution in [0.5, 0.6) is 11.5 Å². The molecule has 0 aliphatic heterocycles. The maximum atomic E-state index is 11.1. The molecule has 4 nitrogen and oxygen atoms in total. The Morgan fingerprint density at radius 2 is 2.00 bits per heavy atom. The summed E-state index contributed by atoms with van der Waals surface area (Å²) in [6.07, 6.45) is 9.01. The zero-order valence-electron chi connectivity index (χ0n) is 19.5. The Bertz CT molecular complexity index is 868. The molecular weight excluding hydrogens is 406 g/mol. The Hall–Kier alpha value is -1.98. The second-order valence-electron chi connectivity index (χ2n) is 8.13. The fourth-order valence-corrected chi connectivity index (χ4v) is 4.44. The lowest BCUT2D eigenvalue weighted by Gasteiger charge is -2.23. The summed E-state index contributed by atoms with van der Waals surface area (Å²) in [7, 11) is 1.70. The summed E-state index contributed by atoms with van der Waals surface area (Å²) in [4.78, 5) is 4.29. The van der Waals surface area contributed by atoms with E-state index in [1.807, 2.05) is 19.1 Å². The minimum absolute atomic E-state index is 0.141. The predicted octanol–water partition coefficient (Wildman–Crippen LogP) is 6.67. The molecule has 0 fully saturated rings. The van der Waals surface area contributed by atoms with E-state index in [4.69, 9.17) is 9.84 Å². The molecule has 0 heterocycles. The lowest BCUT2D eigenvalue weighted by atomic mass is 9.85. The third-order valence-corrected chi connectivity index (χ3v) is 6.39. The van der Waals surface area contributed by atoms with Gasteiger partial charge in [-0.25, -0.2) is 4.99 Å². The van der Waals surface area contributed by atoms with Crippen molar-refractivity contribution in [3.8, 4) is 11.5 Å². The summed E-state index contributed by atoms with van der Waals surface area (Å²) >= 11 is 1.47. The van der Waals surface area contributed by atoms with Gasteiger partial charge in [0.05, 0.1) is 5.56 Å². The monoisotopic (exact) mass is 443 g/mol. The molecule has 0 aromatic heterocycles. The van der Waals surface area contributed by atoms with Gasteiger partial charge < -0.3 is 14.9 Å². The molecular formula is C26H37NO3S. The second-order valence-corrected chi connectivity index (χ2v) is 9.17. The van der Waals surface area contributed by atoms with Crippen LogP contribution in [0.3, 0.4) is 0 Å². The van der Waals surface area contributed by atoms with Crippen molar-refractivity contribution in [2.45, 2.75) is 65.7 Å². The van der Waals surface area contributed by atoms with E-state index in [1.54, 1.807) is 7.05 Å². The summed E-state index contributed by atoms with van der Waals surface area (Å²) in [5, 5.41) is 20.7. The summed E-state index contributed by atoms with van der Waals surface area (Å²) in [5.74, 6) is 1.59. The van der Waals surface area contributed by atoms with Crippen LogP contribution in [0.25, 0.3) is 5.57 Å². The van der Waals surface area contributed by atoms with Gasteiger partial charge in [-0.15, -0.1) is 0 Å². The summed E-state index contributed by atoms with van der Waals surface area (Å²) in [6, 6.07) is 3.92. The molecule has 2 rings (SSSR count). The molecule has 5 heteroatoms. The van der Waals surface area contributed by atoms with E-state index in [0.29, 0.717) is 23.0 Å². The van der Waals surface area contributed by atoms with E-state index in [-0.39, 0.29) is 12.4 Å². The second kappa shape index (κ2) is 12.8. The van der Waals surface area contributed by atoms with Crippen molar-refractivity contribution >= 4 is 22.6 Å². The Morgan fingerprint density at radius 1 is 1.23 bits per heavy atom. The molecule has 1 aliphatic carbocycles. The Labute approximate surface area is 191 Å². The normalized spacial score (nSPS) is 14.6. The van der Waals surface area contributed by atoms with E-state index < -0.39 is 0 Å². The van der Waals surface area contributed by atoms with E-state index in [9.17, 15) is 5.11 Å². The van der Waals surface area contributed by atoms with Crippen molar-refractivity contribution in [1.82, 2.24) is 0 Å². The maximum Gasteiger partial charge on any atom is 0.251 e. The molecule has 31 heavy (non-hydrogen) atoms. The number of aliphatic hydroxyl groups is 1. The third kappa shape index (κ3) is 7.29. The summed E-state index contributed by atoms with van der Waals surface area (Å²) in [5.41, 5.74) is 6.21. The number of rotatable bonds is 10. The molecule has 2 N–H and O–H groups in total. The fourth-order valence-electron chi connectivity index (χ4n) is 3.72. The maximum absolute atomic E-state index is 11.1. The largest absolute Gasteiger partial charge is 0.507 e. The standard InChI is InChI=1S/C26H37NO3S/c1-6-7-8-10-20-16-23(29)25(22-15-19(4)11-12-21(22)18(2)3)24(17-20)30-26(27-5)31-14-9-13-28/h15-17,28-29H,2,6-14H2,1,3-5H3. The molecule has 0 atom stereocenters. The van der Waals surface area contributed by atoms with E-state index in [2.05, 4.69) is 31.5 Å². The quantitative estimate of drug-likeness (QED) is 0.241. The van der Waals surface area contributed by atoms with Crippen LogP contribution in [0.2, 0.25) is 0 Å². The van der Waals surface area contributed by atoms with Gasteiger partial charge in [0.15, 0.2) is 0 Å². The van der Waals surface area contributed by atoms with Crippen LogP contribution in [0, 0.1) is 0 Å². The number of ether oxygens (including phenoxy) is 1. The molecule has 0 amide bonds. The van der Waals surface area contributed by atoms with Crippen molar-refractivity contribution in [3.05, 3.63) is 52.6 Å². The van der Waals surface area contributed by atoms with Crippen molar-refractivity contribution in [2.24, 2.45) is 4.99 Å². The molecule has 170 valence electrons. The molecule has 0 spiro atoms. The van der Waals surface area contributed by atoms with Gasteiger partial charge in [-0.2, -0.15) is 0 Å². The van der Waals surface area contributed by atoms with Crippen LogP contribution in [0.1, 0.15) is 70.4 Å². The third-order valence-electron chi connectivity index (χ3n) is 5.39. The smallest absolute Gasteiger partial charge is 0.251 e. The molecule has 0 saturated heterocycles. The van der Waals surface area contributed by atoms with Gasteiger partial charge in [-0.05, 0) is 74.8 Å². The van der Waals surface area contributed by atoms with E-state index in [1.165, 1.54) is 17.3 Å². The van der Waals surface area contributed by atoms with Gasteiger partial charge >= 0.3 is 0 Å². The van der Waals surface area contributed by atoms with Crippen molar-refractivity contribution in [2.75, 3.05) is 19.4 Å². The number of hydrogen-bond acceptors (Lipinski definition) is 5. The zero-order valence-corrected chi connectivity index (χ0v) is 20.3. The number of hydrogen-bond donors (Lipinski definition) is 2. The Kier molecular flexibility index (Phi) is 10.4. The highest BCUT2D eigenvalue weighted by Gasteiger charge is 2.22. The van der Waals surface area contributed by atoms with Gasteiger partial charge in [-0.1, -0.05) is 55.3 Å². The molecule has 1 aliphatic rings. The molecule has 0 bridgehead atoms. The first-order chi connectivity index (χ1) is 14.9. The highest BCUT2D eigenvalue weighted by atomic mass is 32.2. The fraction of sp³-hybridized carbons (Fsp3) is 0.500. The first-order valence-corrected chi connectivity index (χ1v) is 12.2. The minimum Gasteiger partial charge on any atom is -0.507 e. The van der Waals surface area contributed by atoms with Crippen molar-refractivity contribution in [1.29, 1.82) is 0 Å². The number of phenolic OH excluding ortho intramolecular Hbond substituents is 1. The number of aliphatic hydroxyl groups excluding tert-OH is 1. The molecule has 1 aromatic rings. The zero-order chi connectivity index (χ0) is 22.8. The SMILES string of the molecule is C=C(C)C1=C(c2c(O)cc(CCCCC)cc2OC(=NC)SCCCO)C=C(C)CC1. The molecule has 1 aromatic carbocycles. The number of thioether (sulfide) groups is 1. The van der Waals surface area contributed by atoms with Crippen molar-refractivity contribution < 1.29 is 14.9 Å². The molecule has 0 unspecified atom stereocenters. The summed E-state index contributed by atoms with van der Waals surface area (Å²) < 4.78 is 6.26. The number of aliphatic imine (C=N–C) groups is 1. The average molecular weight is 444 g/mol. The highest BCUT2D eigenvalue weighted by molar-refractivity contribution is 8.13. The number of unbranched alkanes of at least 4 members (excludes halogenated alkanes) is 2. The van der Waals surface area contributed by atoms with Gasteiger partial charge in [-0.3, -0.25) is 0 Å². The lowest BCUT2D eigenvalue weighted by molar-refractivity contribution is 0.296. The minimum atomic E-state index is 0.141.